The van der Waals surface area contributed by atoms with Crippen LogP contribution in [-0.2, 0) is 16.0 Å². The molecular weight excluding hydrogens is 254 g/mol. The molecule has 0 saturated heterocycles. The van der Waals surface area contributed by atoms with Gasteiger partial charge in [0.1, 0.15) is 11.9 Å². The van der Waals surface area contributed by atoms with Gasteiger partial charge in [0.25, 0.3) is 0 Å². The minimum atomic E-state index is -0.179. The summed E-state index contributed by atoms with van der Waals surface area (Å²) < 4.78 is 10.6. The van der Waals surface area contributed by atoms with Crippen LogP contribution in [0.25, 0.3) is 0 Å². The molecule has 4 nitrogen and oxygen atoms in total. The molecule has 0 radical (unpaired) electrons. The van der Waals surface area contributed by atoms with Crippen LogP contribution in [0, 0.1) is 0 Å². The van der Waals surface area contributed by atoms with Crippen LogP contribution in [0.15, 0.2) is 24.3 Å². The number of hydrogen-bond acceptors (Lipinski definition) is 4. The topological polar surface area (TPSA) is 61.5 Å². The molecule has 4 heteroatoms. The number of esters is 1. The van der Waals surface area contributed by atoms with E-state index in [1.807, 2.05) is 24.3 Å². The highest BCUT2D eigenvalue weighted by Crippen LogP contribution is 2.23. The Morgan fingerprint density at radius 1 is 1.30 bits per heavy atom. The fourth-order valence-electron chi connectivity index (χ4n) is 2.56. The van der Waals surface area contributed by atoms with Crippen molar-refractivity contribution < 1.29 is 14.3 Å². The fraction of sp³-hybridized carbons (Fsp3) is 0.562. The summed E-state index contributed by atoms with van der Waals surface area (Å²) in [4.78, 5) is 11.1. The lowest BCUT2D eigenvalue weighted by atomic mass is 9.93. The Labute approximate surface area is 120 Å². The zero-order chi connectivity index (χ0) is 14.4. The highest BCUT2D eigenvalue weighted by molar-refractivity contribution is 5.69. The number of rotatable bonds is 5. The summed E-state index contributed by atoms with van der Waals surface area (Å²) in [5.74, 6) is 0.701. The highest BCUT2D eigenvalue weighted by Gasteiger charge is 2.20. The largest absolute Gasteiger partial charge is 0.490 e. The molecule has 0 amide bonds. The van der Waals surface area contributed by atoms with Crippen molar-refractivity contribution in [1.82, 2.24) is 0 Å². The van der Waals surface area contributed by atoms with Gasteiger partial charge in [-0.15, -0.1) is 0 Å². The van der Waals surface area contributed by atoms with Crippen molar-refractivity contribution in [3.8, 4) is 5.75 Å². The Morgan fingerprint density at radius 3 is 2.70 bits per heavy atom. The fourth-order valence-corrected chi connectivity index (χ4v) is 2.56. The van der Waals surface area contributed by atoms with E-state index in [4.69, 9.17) is 10.5 Å². The normalized spacial score (nSPS) is 22.3. The van der Waals surface area contributed by atoms with Crippen molar-refractivity contribution in [2.45, 2.75) is 50.7 Å². The summed E-state index contributed by atoms with van der Waals surface area (Å²) in [5.41, 5.74) is 7.07. The molecule has 1 saturated carbocycles. The molecular formula is C16H23NO3. The monoisotopic (exact) mass is 277 g/mol. The van der Waals surface area contributed by atoms with Crippen LogP contribution < -0.4 is 10.5 Å². The molecule has 110 valence electrons. The van der Waals surface area contributed by atoms with E-state index in [2.05, 4.69) is 4.74 Å². The van der Waals surface area contributed by atoms with Crippen molar-refractivity contribution in [3.05, 3.63) is 29.8 Å². The number of benzene rings is 1. The number of carbonyl (C=O) groups is 1. The average Bonchev–Trinajstić information content (AvgIpc) is 2.46. The van der Waals surface area contributed by atoms with Gasteiger partial charge in [-0.05, 0) is 49.8 Å². The van der Waals surface area contributed by atoms with Gasteiger partial charge in [0.2, 0.25) is 0 Å². The Kier molecular flexibility index (Phi) is 5.41. The first-order chi connectivity index (χ1) is 9.67. The average molecular weight is 277 g/mol. The van der Waals surface area contributed by atoms with Gasteiger partial charge < -0.3 is 15.2 Å². The molecule has 1 aromatic rings. The van der Waals surface area contributed by atoms with Crippen LogP contribution >= 0.6 is 0 Å². The third-order valence-electron chi connectivity index (χ3n) is 3.74. The van der Waals surface area contributed by atoms with Crippen molar-refractivity contribution in [1.29, 1.82) is 0 Å². The van der Waals surface area contributed by atoms with E-state index < -0.39 is 0 Å². The third kappa shape index (κ3) is 4.53. The second-order valence-corrected chi connectivity index (χ2v) is 5.39. The highest BCUT2D eigenvalue weighted by atomic mass is 16.5. The van der Waals surface area contributed by atoms with Gasteiger partial charge in [-0.3, -0.25) is 4.79 Å². The van der Waals surface area contributed by atoms with Gasteiger partial charge in [-0.1, -0.05) is 12.1 Å². The van der Waals surface area contributed by atoms with E-state index in [-0.39, 0.29) is 18.1 Å². The van der Waals surface area contributed by atoms with Gasteiger partial charge >= 0.3 is 5.97 Å². The maximum Gasteiger partial charge on any atom is 0.305 e. The Balaban J connectivity index is 1.83. The molecule has 1 aromatic carbocycles. The van der Waals surface area contributed by atoms with Crippen molar-refractivity contribution >= 4 is 5.97 Å². The van der Waals surface area contributed by atoms with Crippen LogP contribution in [0.1, 0.15) is 37.7 Å². The molecule has 1 aliphatic carbocycles. The SMILES string of the molecule is COC(=O)CCc1ccc(OC2CCCC(N)C2)cc1. The first kappa shape index (κ1) is 14.9. The molecule has 0 aromatic heterocycles. The summed E-state index contributed by atoms with van der Waals surface area (Å²) in [6.45, 7) is 0. The third-order valence-corrected chi connectivity index (χ3v) is 3.74. The molecule has 0 aliphatic heterocycles. The van der Waals surface area contributed by atoms with E-state index in [1.165, 1.54) is 7.11 Å². The number of carbonyl (C=O) groups excluding carboxylic acids is 1. The van der Waals surface area contributed by atoms with Gasteiger partial charge in [-0.2, -0.15) is 0 Å². The number of methoxy groups -OCH3 is 1. The van der Waals surface area contributed by atoms with Crippen LogP contribution in [0.2, 0.25) is 0 Å². The quantitative estimate of drug-likeness (QED) is 0.840. The summed E-state index contributed by atoms with van der Waals surface area (Å²) >= 11 is 0. The second kappa shape index (κ2) is 7.29. The molecule has 0 heterocycles. The number of nitrogens with two attached hydrogens (primary N) is 1. The first-order valence-corrected chi connectivity index (χ1v) is 7.25. The van der Waals surface area contributed by atoms with Crippen molar-refractivity contribution in [2.24, 2.45) is 5.73 Å². The van der Waals surface area contributed by atoms with Crippen LogP contribution in [0.5, 0.6) is 5.75 Å². The minimum Gasteiger partial charge on any atom is -0.490 e. The van der Waals surface area contributed by atoms with Crippen molar-refractivity contribution in [2.75, 3.05) is 7.11 Å². The lowest BCUT2D eigenvalue weighted by Gasteiger charge is -2.27. The Morgan fingerprint density at radius 2 is 2.05 bits per heavy atom. The number of ether oxygens (including phenoxy) is 2. The summed E-state index contributed by atoms with van der Waals surface area (Å²) in [6.07, 6.45) is 5.60. The number of aryl methyl sites for hydroxylation is 1. The summed E-state index contributed by atoms with van der Waals surface area (Å²) in [5, 5.41) is 0. The molecule has 2 atom stereocenters. The Hall–Kier alpha value is -1.55. The lowest BCUT2D eigenvalue weighted by molar-refractivity contribution is -0.140. The smallest absolute Gasteiger partial charge is 0.305 e. The minimum absolute atomic E-state index is 0.179. The number of hydrogen-bond donors (Lipinski definition) is 1. The van der Waals surface area contributed by atoms with Gasteiger partial charge in [0.15, 0.2) is 0 Å². The van der Waals surface area contributed by atoms with Gasteiger partial charge in [-0.25, -0.2) is 0 Å². The molecule has 1 fully saturated rings. The zero-order valence-corrected chi connectivity index (χ0v) is 12.0. The molecule has 20 heavy (non-hydrogen) atoms. The van der Waals surface area contributed by atoms with Crippen LogP contribution in [0.3, 0.4) is 0 Å². The molecule has 2 unspecified atom stereocenters. The standard InChI is InChI=1S/C16H23NO3/c1-19-16(18)10-7-12-5-8-14(9-6-12)20-15-4-2-3-13(17)11-15/h5-6,8-9,13,15H,2-4,7,10-11,17H2,1H3. The predicted octanol–water partition coefficient (Wildman–Crippen LogP) is 2.44. The zero-order valence-electron chi connectivity index (χ0n) is 12.0. The molecule has 0 spiro atoms. The summed E-state index contributed by atoms with van der Waals surface area (Å²) in [6, 6.07) is 8.20. The first-order valence-electron chi connectivity index (χ1n) is 7.25. The predicted molar refractivity (Wildman–Crippen MR) is 77.6 cm³/mol. The molecule has 1 aliphatic rings. The van der Waals surface area contributed by atoms with Crippen molar-refractivity contribution in [3.63, 3.8) is 0 Å². The van der Waals surface area contributed by atoms with Crippen LogP contribution in [0.4, 0.5) is 0 Å². The van der Waals surface area contributed by atoms with Crippen LogP contribution in [-0.4, -0.2) is 25.2 Å². The second-order valence-electron chi connectivity index (χ2n) is 5.39. The van der Waals surface area contributed by atoms with Gasteiger partial charge in [0, 0.05) is 12.5 Å². The van der Waals surface area contributed by atoms with E-state index >= 15 is 0 Å². The molecule has 0 bridgehead atoms. The Bertz CT molecular complexity index is 430. The van der Waals surface area contributed by atoms with E-state index in [0.29, 0.717) is 12.8 Å². The lowest BCUT2D eigenvalue weighted by Crippen LogP contribution is -2.33. The molecule has 2 N–H and O–H groups in total. The maximum atomic E-state index is 11.1. The maximum absolute atomic E-state index is 11.1. The van der Waals surface area contributed by atoms with E-state index in [0.717, 1.165) is 37.0 Å². The van der Waals surface area contributed by atoms with E-state index in [9.17, 15) is 4.79 Å². The summed E-state index contributed by atoms with van der Waals surface area (Å²) in [7, 11) is 1.41. The van der Waals surface area contributed by atoms with E-state index in [1.54, 1.807) is 0 Å². The molecule has 2 rings (SSSR count). The van der Waals surface area contributed by atoms with Gasteiger partial charge in [0.05, 0.1) is 7.11 Å².